The summed E-state index contributed by atoms with van der Waals surface area (Å²) in [4.78, 5) is 38.0. The molecule has 0 spiro atoms. The summed E-state index contributed by atoms with van der Waals surface area (Å²) in [7, 11) is 0. The third kappa shape index (κ3) is 69.5. The highest BCUT2D eigenvalue weighted by atomic mass is 16.6. The molecule has 0 fully saturated rings. The lowest BCUT2D eigenvalue weighted by Gasteiger charge is -2.18. The smallest absolute Gasteiger partial charge is 0.306 e. The van der Waals surface area contributed by atoms with Crippen molar-refractivity contribution in [2.75, 3.05) is 13.2 Å². The number of unbranched alkanes of at least 4 members (excludes halogenated alkanes) is 44. The van der Waals surface area contributed by atoms with E-state index >= 15 is 0 Å². The van der Waals surface area contributed by atoms with E-state index in [9.17, 15) is 14.4 Å². The number of carbonyl (C=O) groups excluding carboxylic acids is 3. The van der Waals surface area contributed by atoms with Crippen LogP contribution >= 0.6 is 0 Å². The van der Waals surface area contributed by atoms with Crippen molar-refractivity contribution < 1.29 is 28.6 Å². The van der Waals surface area contributed by atoms with E-state index in [0.717, 1.165) is 96.3 Å². The molecule has 83 heavy (non-hydrogen) atoms. The fourth-order valence-electron chi connectivity index (χ4n) is 10.8. The Balaban J connectivity index is 3.91. The van der Waals surface area contributed by atoms with Gasteiger partial charge in [0, 0.05) is 19.3 Å². The Labute approximate surface area is 516 Å². The Morgan fingerprint density at radius 2 is 0.470 bits per heavy atom. The van der Waals surface area contributed by atoms with Crippen molar-refractivity contribution in [2.24, 2.45) is 0 Å². The molecule has 0 aliphatic heterocycles. The summed E-state index contributed by atoms with van der Waals surface area (Å²) in [6.07, 6.45) is 94.3. The lowest BCUT2D eigenvalue weighted by molar-refractivity contribution is -0.167. The largest absolute Gasteiger partial charge is 0.462 e. The quantitative estimate of drug-likeness (QED) is 0.0261. The first kappa shape index (κ1) is 79.8. The van der Waals surface area contributed by atoms with Gasteiger partial charge in [0.2, 0.25) is 0 Å². The van der Waals surface area contributed by atoms with Crippen molar-refractivity contribution in [1.82, 2.24) is 0 Å². The van der Waals surface area contributed by atoms with Gasteiger partial charge in [-0.15, -0.1) is 0 Å². The van der Waals surface area contributed by atoms with Gasteiger partial charge >= 0.3 is 17.9 Å². The topological polar surface area (TPSA) is 78.9 Å². The zero-order chi connectivity index (χ0) is 59.9. The molecule has 0 aliphatic carbocycles. The molecule has 0 bridgehead atoms. The van der Waals surface area contributed by atoms with E-state index in [-0.39, 0.29) is 31.1 Å². The number of ether oxygens (including phenoxy) is 3. The third-order valence-corrected chi connectivity index (χ3v) is 16.2. The monoisotopic (exact) mass is 1160 g/mol. The molecule has 1 atom stereocenters. The molecule has 0 aromatic carbocycles. The third-order valence-electron chi connectivity index (χ3n) is 16.2. The number of rotatable bonds is 67. The Morgan fingerprint density at radius 1 is 0.253 bits per heavy atom. The first-order valence-corrected chi connectivity index (χ1v) is 36.4. The van der Waals surface area contributed by atoms with Crippen LogP contribution in [0.3, 0.4) is 0 Å². The molecule has 0 N–H and O–H groups in total. The van der Waals surface area contributed by atoms with Crippen LogP contribution < -0.4 is 0 Å². The minimum atomic E-state index is -0.769. The van der Waals surface area contributed by atoms with Crippen LogP contribution in [0, 0.1) is 0 Å². The van der Waals surface area contributed by atoms with E-state index in [1.807, 2.05) is 0 Å². The van der Waals surface area contributed by atoms with Gasteiger partial charge in [-0.05, 0) is 89.9 Å². The first-order valence-electron chi connectivity index (χ1n) is 36.4. The summed E-state index contributed by atoms with van der Waals surface area (Å²) >= 11 is 0. The van der Waals surface area contributed by atoms with Crippen molar-refractivity contribution in [3.8, 4) is 0 Å². The summed E-state index contributed by atoms with van der Waals surface area (Å²) in [6, 6.07) is 0. The number of esters is 3. The molecular weight excluding hydrogens is 1020 g/mol. The van der Waals surface area contributed by atoms with Crippen molar-refractivity contribution in [3.05, 3.63) is 72.9 Å². The molecule has 0 amide bonds. The average molecular weight is 1160 g/mol. The minimum absolute atomic E-state index is 0.0697. The summed E-state index contributed by atoms with van der Waals surface area (Å²) in [5.41, 5.74) is 0. The molecule has 0 aliphatic rings. The zero-order valence-corrected chi connectivity index (χ0v) is 55.5. The summed E-state index contributed by atoms with van der Waals surface area (Å²) in [5, 5.41) is 0. The molecule has 1 unspecified atom stereocenters. The van der Waals surface area contributed by atoms with Crippen LogP contribution in [0.5, 0.6) is 0 Å². The van der Waals surface area contributed by atoms with Crippen LogP contribution in [0.15, 0.2) is 72.9 Å². The Morgan fingerprint density at radius 3 is 0.747 bits per heavy atom. The number of hydrogen-bond donors (Lipinski definition) is 0. The molecule has 0 aromatic heterocycles. The van der Waals surface area contributed by atoms with Crippen LogP contribution in [0.2, 0.25) is 0 Å². The molecule has 0 saturated carbocycles. The van der Waals surface area contributed by atoms with Gasteiger partial charge in [0.15, 0.2) is 6.10 Å². The average Bonchev–Trinajstić information content (AvgIpc) is 3.49. The van der Waals surface area contributed by atoms with E-state index in [2.05, 4.69) is 93.7 Å². The fraction of sp³-hybridized carbons (Fsp3) is 0.805. The SMILES string of the molecule is CC/C=C\C/C=C\C/C=C\C/C=C\C/C=C\CCCCCCCCCCCCCCCCCCCCCC(=O)OCC(COC(=O)CCCCCCC)OC(=O)CCCCCCCCCCCCCCC/C=C\CCCCCCCCCC. The van der Waals surface area contributed by atoms with Gasteiger partial charge in [-0.25, -0.2) is 0 Å². The van der Waals surface area contributed by atoms with Crippen LogP contribution in [0.25, 0.3) is 0 Å². The number of carbonyl (C=O) groups is 3. The predicted molar refractivity (Wildman–Crippen MR) is 362 cm³/mol. The van der Waals surface area contributed by atoms with Gasteiger partial charge in [-0.3, -0.25) is 14.4 Å². The van der Waals surface area contributed by atoms with Crippen molar-refractivity contribution in [1.29, 1.82) is 0 Å². The normalized spacial score (nSPS) is 12.5. The molecule has 6 heteroatoms. The molecule has 0 aromatic rings. The summed E-state index contributed by atoms with van der Waals surface area (Å²) < 4.78 is 16.8. The van der Waals surface area contributed by atoms with Crippen LogP contribution in [0.4, 0.5) is 0 Å². The predicted octanol–water partition coefficient (Wildman–Crippen LogP) is 25.2. The standard InChI is InChI=1S/C77H138O6/c1-4-7-10-13-15-17-19-21-23-25-27-29-31-33-34-35-36-37-38-39-40-41-42-44-45-47-49-51-53-55-57-59-61-64-67-70-76(79)82-73-74(72-81-75(78)69-66-63-12-9-6-3)83-77(80)71-68-65-62-60-58-56-54-52-50-48-46-43-32-30-28-26-24-22-20-18-16-14-11-8-5-2/h7,10,15,17,21,23,26-29,33-34,74H,4-6,8-9,11-14,16,18-20,22,24-25,30-32,35-73H2,1-3H3/b10-7-,17-15-,23-21-,28-26-,29-27-,34-33-. The highest BCUT2D eigenvalue weighted by Crippen LogP contribution is 2.18. The van der Waals surface area contributed by atoms with Gasteiger partial charge in [0.25, 0.3) is 0 Å². The number of allylic oxidation sites excluding steroid dienone is 12. The van der Waals surface area contributed by atoms with Gasteiger partial charge in [-0.1, -0.05) is 344 Å². The first-order chi connectivity index (χ1) is 41.0. The maximum Gasteiger partial charge on any atom is 0.306 e. The van der Waals surface area contributed by atoms with E-state index in [0.29, 0.717) is 19.3 Å². The van der Waals surface area contributed by atoms with Crippen molar-refractivity contribution in [3.63, 3.8) is 0 Å². The maximum absolute atomic E-state index is 12.9. The molecule has 0 saturated heterocycles. The van der Waals surface area contributed by atoms with E-state index in [1.165, 1.54) is 244 Å². The van der Waals surface area contributed by atoms with Crippen molar-refractivity contribution >= 4 is 17.9 Å². The Kier molecular flexibility index (Phi) is 68.6. The molecule has 6 nitrogen and oxygen atoms in total. The highest BCUT2D eigenvalue weighted by molar-refractivity contribution is 5.71. The van der Waals surface area contributed by atoms with Gasteiger partial charge in [-0.2, -0.15) is 0 Å². The number of hydrogen-bond acceptors (Lipinski definition) is 6. The highest BCUT2D eigenvalue weighted by Gasteiger charge is 2.19. The summed E-state index contributed by atoms with van der Waals surface area (Å²) in [6.45, 7) is 6.50. The van der Waals surface area contributed by atoms with Crippen molar-refractivity contribution in [2.45, 2.75) is 386 Å². The van der Waals surface area contributed by atoms with Gasteiger partial charge in [0.05, 0.1) is 0 Å². The lowest BCUT2D eigenvalue weighted by atomic mass is 10.0. The molecular formula is C77H138O6. The van der Waals surface area contributed by atoms with Gasteiger partial charge < -0.3 is 14.2 Å². The zero-order valence-electron chi connectivity index (χ0n) is 55.5. The Bertz CT molecular complexity index is 1520. The minimum Gasteiger partial charge on any atom is -0.462 e. The second-order valence-corrected chi connectivity index (χ2v) is 24.5. The Hall–Kier alpha value is -3.15. The molecule has 0 radical (unpaired) electrons. The fourth-order valence-corrected chi connectivity index (χ4v) is 10.8. The second kappa shape index (κ2) is 71.3. The van der Waals surface area contributed by atoms with Crippen LogP contribution in [0.1, 0.15) is 380 Å². The van der Waals surface area contributed by atoms with Crippen LogP contribution in [-0.2, 0) is 28.6 Å². The van der Waals surface area contributed by atoms with E-state index in [1.54, 1.807) is 0 Å². The maximum atomic E-state index is 12.9. The summed E-state index contributed by atoms with van der Waals surface area (Å²) in [5.74, 6) is -0.862. The molecule has 0 heterocycles. The van der Waals surface area contributed by atoms with Crippen LogP contribution in [-0.4, -0.2) is 37.2 Å². The second-order valence-electron chi connectivity index (χ2n) is 24.5. The van der Waals surface area contributed by atoms with E-state index in [4.69, 9.17) is 14.2 Å². The molecule has 0 rings (SSSR count). The van der Waals surface area contributed by atoms with Gasteiger partial charge in [0.1, 0.15) is 13.2 Å². The molecule has 482 valence electrons. The lowest BCUT2D eigenvalue weighted by Crippen LogP contribution is -2.30. The van der Waals surface area contributed by atoms with E-state index < -0.39 is 6.10 Å².